The van der Waals surface area contributed by atoms with Crippen LogP contribution in [-0.4, -0.2) is 56.8 Å². The van der Waals surface area contributed by atoms with Crippen LogP contribution >= 0.6 is 11.6 Å². The monoisotopic (exact) mass is 462 g/mol. The smallest absolute Gasteiger partial charge is 0.292 e. The molecule has 2 amide bonds. The zero-order valence-electron chi connectivity index (χ0n) is 17.5. The molecule has 2 heterocycles. The van der Waals surface area contributed by atoms with Gasteiger partial charge in [-0.25, -0.2) is 13.3 Å². The molecular weight excluding hydrogens is 438 g/mol. The number of hydrogen-bond acceptors (Lipinski definition) is 4. The van der Waals surface area contributed by atoms with Gasteiger partial charge >= 0.3 is 0 Å². The molecular formula is C22H25ClN3O4S+. The van der Waals surface area contributed by atoms with E-state index in [1.54, 1.807) is 12.1 Å². The van der Waals surface area contributed by atoms with E-state index in [9.17, 15) is 18.0 Å². The van der Waals surface area contributed by atoms with E-state index in [1.807, 2.05) is 32.0 Å². The van der Waals surface area contributed by atoms with Crippen LogP contribution in [0.1, 0.15) is 17.5 Å². The molecule has 1 N–H and O–H groups in total. The van der Waals surface area contributed by atoms with Crippen LogP contribution in [0.2, 0.25) is 5.02 Å². The molecule has 7 nitrogen and oxygen atoms in total. The number of imide groups is 1. The van der Waals surface area contributed by atoms with E-state index in [1.165, 1.54) is 21.3 Å². The van der Waals surface area contributed by atoms with Crippen molar-refractivity contribution in [2.24, 2.45) is 0 Å². The third-order valence-corrected chi connectivity index (χ3v) is 8.23. The number of nitrogens with one attached hydrogen (secondary N) is 1. The van der Waals surface area contributed by atoms with Crippen molar-refractivity contribution in [2.75, 3.05) is 31.1 Å². The number of carbonyl (C=O) groups is 2. The molecule has 2 aliphatic rings. The van der Waals surface area contributed by atoms with Gasteiger partial charge in [0.2, 0.25) is 15.9 Å². The Morgan fingerprint density at radius 3 is 2.29 bits per heavy atom. The van der Waals surface area contributed by atoms with Gasteiger partial charge in [-0.15, -0.1) is 0 Å². The van der Waals surface area contributed by atoms with Crippen LogP contribution in [0.25, 0.3) is 0 Å². The van der Waals surface area contributed by atoms with Crippen molar-refractivity contribution in [1.82, 2.24) is 4.31 Å². The highest BCUT2D eigenvalue weighted by molar-refractivity contribution is 7.89. The summed E-state index contributed by atoms with van der Waals surface area (Å²) in [5.74, 6) is -0.407. The third-order valence-electron chi connectivity index (χ3n) is 6.06. The second-order valence-electron chi connectivity index (χ2n) is 8.13. The minimum Gasteiger partial charge on any atom is -0.322 e. The lowest BCUT2D eigenvalue weighted by Gasteiger charge is -2.33. The number of sulfonamides is 1. The van der Waals surface area contributed by atoms with Gasteiger partial charge in [-0.1, -0.05) is 23.7 Å². The molecule has 31 heavy (non-hydrogen) atoms. The maximum absolute atomic E-state index is 13.2. The molecule has 4 rings (SSSR count). The number of rotatable bonds is 4. The highest BCUT2D eigenvalue weighted by Gasteiger charge is 2.47. The number of anilines is 1. The summed E-state index contributed by atoms with van der Waals surface area (Å²) in [4.78, 5) is 28.3. The molecule has 0 bridgehead atoms. The number of quaternary nitrogens is 1. The molecule has 0 aromatic heterocycles. The third kappa shape index (κ3) is 4.13. The molecule has 0 aliphatic carbocycles. The van der Waals surface area contributed by atoms with Gasteiger partial charge < -0.3 is 4.90 Å². The molecule has 2 aromatic rings. The van der Waals surface area contributed by atoms with Crippen molar-refractivity contribution in [2.45, 2.75) is 31.2 Å². The van der Waals surface area contributed by atoms with Crippen molar-refractivity contribution in [1.29, 1.82) is 0 Å². The van der Waals surface area contributed by atoms with Gasteiger partial charge in [0.05, 0.1) is 43.2 Å². The largest absolute Gasteiger partial charge is 0.322 e. The van der Waals surface area contributed by atoms with Crippen molar-refractivity contribution in [3.8, 4) is 0 Å². The predicted molar refractivity (Wildman–Crippen MR) is 118 cm³/mol. The summed E-state index contributed by atoms with van der Waals surface area (Å²) in [5, 5.41) is 0.478. The van der Waals surface area contributed by atoms with Gasteiger partial charge in [0, 0.05) is 5.02 Å². The van der Waals surface area contributed by atoms with E-state index in [4.69, 9.17) is 11.6 Å². The van der Waals surface area contributed by atoms with Gasteiger partial charge in [0.15, 0.2) is 6.04 Å². The van der Waals surface area contributed by atoms with Crippen LogP contribution in [0.15, 0.2) is 47.4 Å². The van der Waals surface area contributed by atoms with Crippen LogP contribution < -0.4 is 9.80 Å². The number of nitrogens with zero attached hydrogens (tertiary/aromatic N) is 2. The summed E-state index contributed by atoms with van der Waals surface area (Å²) in [6, 6.07) is 11.4. The minimum absolute atomic E-state index is 0.144. The van der Waals surface area contributed by atoms with Crippen LogP contribution in [0.4, 0.5) is 5.69 Å². The molecule has 0 spiro atoms. The first kappa shape index (κ1) is 22.0. The second kappa shape index (κ2) is 8.35. The van der Waals surface area contributed by atoms with Crippen molar-refractivity contribution >= 4 is 39.1 Å². The van der Waals surface area contributed by atoms with E-state index < -0.39 is 16.1 Å². The SMILES string of the molecule is Cc1ccc(C)c(N2C(=O)C[C@@H]([NH+]3CCN(S(=O)(=O)c4ccc(Cl)cc4)CC3)C2=O)c1. The zero-order valence-corrected chi connectivity index (χ0v) is 19.0. The predicted octanol–water partition coefficient (Wildman–Crippen LogP) is 1.18. The maximum Gasteiger partial charge on any atom is 0.292 e. The van der Waals surface area contributed by atoms with Crippen LogP contribution in [0, 0.1) is 13.8 Å². The van der Waals surface area contributed by atoms with Crippen molar-refractivity contribution < 1.29 is 22.9 Å². The van der Waals surface area contributed by atoms with Crippen molar-refractivity contribution in [3.05, 3.63) is 58.6 Å². The number of amides is 2. The molecule has 2 aliphatic heterocycles. The summed E-state index contributed by atoms with van der Waals surface area (Å²) in [6.07, 6.45) is 0.144. The first-order chi connectivity index (χ1) is 14.7. The van der Waals surface area contributed by atoms with E-state index >= 15 is 0 Å². The number of piperazine rings is 1. The Bertz CT molecular complexity index is 1130. The molecule has 9 heteroatoms. The topological polar surface area (TPSA) is 79.2 Å². The Morgan fingerprint density at radius 2 is 1.65 bits per heavy atom. The van der Waals surface area contributed by atoms with Gasteiger partial charge in [0.1, 0.15) is 0 Å². The fourth-order valence-electron chi connectivity index (χ4n) is 4.28. The average molecular weight is 463 g/mol. The highest BCUT2D eigenvalue weighted by Crippen LogP contribution is 2.27. The lowest BCUT2D eigenvalue weighted by atomic mass is 10.1. The van der Waals surface area contributed by atoms with Gasteiger partial charge in [-0.2, -0.15) is 4.31 Å². The zero-order chi connectivity index (χ0) is 22.3. The fraction of sp³-hybridized carbons (Fsp3) is 0.364. The summed E-state index contributed by atoms with van der Waals surface area (Å²) < 4.78 is 27.2. The Morgan fingerprint density at radius 1 is 1.00 bits per heavy atom. The first-order valence-corrected chi connectivity index (χ1v) is 12.0. The number of hydrogen-bond donors (Lipinski definition) is 1. The Balaban J connectivity index is 1.47. The summed E-state index contributed by atoms with van der Waals surface area (Å²) in [7, 11) is -3.62. The molecule has 0 radical (unpaired) electrons. The summed E-state index contributed by atoms with van der Waals surface area (Å²) in [6.45, 7) is 5.34. The number of benzene rings is 2. The van der Waals surface area contributed by atoms with Gasteiger partial charge in [0.25, 0.3) is 5.91 Å². The fourth-order valence-corrected chi connectivity index (χ4v) is 5.85. The van der Waals surface area contributed by atoms with Crippen LogP contribution in [-0.2, 0) is 19.6 Å². The molecule has 1 atom stereocenters. The normalized spacial score (nSPS) is 21.1. The minimum atomic E-state index is -3.62. The molecule has 2 aromatic carbocycles. The molecule has 0 saturated carbocycles. The van der Waals surface area contributed by atoms with E-state index in [-0.39, 0.29) is 23.1 Å². The Labute approximate surface area is 187 Å². The standard InChI is InChI=1S/C22H24ClN3O4S/c1-15-3-4-16(2)19(13-15)26-21(27)14-20(22(26)28)24-9-11-25(12-10-24)31(29,30)18-7-5-17(23)6-8-18/h3-8,13,20H,9-12,14H2,1-2H3/p+1/t20-/m1/s1. The molecule has 0 unspecified atom stereocenters. The van der Waals surface area contributed by atoms with Crippen LogP contribution in [0.3, 0.4) is 0 Å². The molecule has 2 fully saturated rings. The lowest BCUT2D eigenvalue weighted by molar-refractivity contribution is -0.918. The Kier molecular flexibility index (Phi) is 5.91. The lowest BCUT2D eigenvalue weighted by Crippen LogP contribution is -3.19. The van der Waals surface area contributed by atoms with E-state index in [2.05, 4.69) is 0 Å². The molecule has 2 saturated heterocycles. The quantitative estimate of drug-likeness (QED) is 0.692. The van der Waals surface area contributed by atoms with Crippen molar-refractivity contribution in [3.63, 3.8) is 0 Å². The average Bonchev–Trinajstić information content (AvgIpc) is 3.04. The van der Waals surface area contributed by atoms with E-state index in [0.29, 0.717) is 36.9 Å². The van der Waals surface area contributed by atoms with Gasteiger partial charge in [-0.05, 0) is 55.3 Å². The van der Waals surface area contributed by atoms with Crippen LogP contribution in [0.5, 0.6) is 0 Å². The summed E-state index contributed by atoms with van der Waals surface area (Å²) >= 11 is 5.86. The number of aryl methyl sites for hydroxylation is 2. The first-order valence-electron chi connectivity index (χ1n) is 10.2. The van der Waals surface area contributed by atoms with E-state index in [0.717, 1.165) is 16.0 Å². The Hall–Kier alpha value is -2.26. The summed E-state index contributed by atoms with van der Waals surface area (Å²) in [5.41, 5.74) is 2.50. The number of carbonyl (C=O) groups excluding carboxylic acids is 2. The molecule has 164 valence electrons. The second-order valence-corrected chi connectivity index (χ2v) is 10.5. The number of halogens is 1. The maximum atomic E-state index is 13.2. The highest BCUT2D eigenvalue weighted by atomic mass is 35.5. The van der Waals surface area contributed by atoms with Gasteiger partial charge in [-0.3, -0.25) is 9.59 Å².